The first-order valence-corrected chi connectivity index (χ1v) is 10.3. The molecule has 5 nitrogen and oxygen atoms in total. The maximum Gasteiger partial charge on any atom is 0.247 e. The van der Waals surface area contributed by atoms with Crippen molar-refractivity contribution in [3.8, 4) is 17.1 Å². The molecule has 2 atom stereocenters. The summed E-state index contributed by atoms with van der Waals surface area (Å²) in [5, 5.41) is 13.0. The molecule has 2 heterocycles. The van der Waals surface area contributed by atoms with Crippen LogP contribution in [-0.4, -0.2) is 27.2 Å². The monoisotopic (exact) mass is 368 g/mol. The van der Waals surface area contributed by atoms with Crippen molar-refractivity contribution < 1.29 is 4.74 Å². The van der Waals surface area contributed by atoms with Crippen LogP contribution in [0.15, 0.2) is 41.1 Å². The molecule has 0 bridgehead atoms. The summed E-state index contributed by atoms with van der Waals surface area (Å²) in [6.45, 7) is 4.35. The number of fused-ring (bicyclic) bond motifs is 3. The van der Waals surface area contributed by atoms with E-state index in [4.69, 9.17) is 4.74 Å². The van der Waals surface area contributed by atoms with Gasteiger partial charge in [-0.15, -0.1) is 10.2 Å². The van der Waals surface area contributed by atoms with E-state index >= 15 is 0 Å². The van der Waals surface area contributed by atoms with Crippen molar-refractivity contribution in [3.05, 3.63) is 35.9 Å². The summed E-state index contributed by atoms with van der Waals surface area (Å²) in [4.78, 5) is 4.68. The van der Waals surface area contributed by atoms with Crippen molar-refractivity contribution >= 4 is 17.4 Å². The van der Waals surface area contributed by atoms with E-state index in [0.717, 1.165) is 48.4 Å². The molecular formula is C20H24N4OS. The number of rotatable bonds is 4. The second kappa shape index (κ2) is 7.66. The highest BCUT2D eigenvalue weighted by Gasteiger charge is 2.30. The van der Waals surface area contributed by atoms with E-state index in [1.165, 1.54) is 5.57 Å². The normalized spacial score (nSPS) is 21.5. The van der Waals surface area contributed by atoms with E-state index in [2.05, 4.69) is 46.5 Å². The van der Waals surface area contributed by atoms with E-state index in [-0.39, 0.29) is 6.23 Å². The van der Waals surface area contributed by atoms with Gasteiger partial charge < -0.3 is 10.1 Å². The Morgan fingerprint density at radius 3 is 2.96 bits per heavy atom. The van der Waals surface area contributed by atoms with Crippen LogP contribution < -0.4 is 10.1 Å². The highest BCUT2D eigenvalue weighted by atomic mass is 32.2. The lowest BCUT2D eigenvalue weighted by atomic mass is 9.89. The minimum Gasteiger partial charge on any atom is -0.452 e. The van der Waals surface area contributed by atoms with Crippen LogP contribution in [0.3, 0.4) is 0 Å². The first kappa shape index (κ1) is 17.3. The van der Waals surface area contributed by atoms with Crippen LogP contribution in [-0.2, 0) is 0 Å². The van der Waals surface area contributed by atoms with Gasteiger partial charge in [0, 0.05) is 22.9 Å². The van der Waals surface area contributed by atoms with Crippen LogP contribution >= 0.6 is 11.8 Å². The van der Waals surface area contributed by atoms with Gasteiger partial charge in [0.1, 0.15) is 0 Å². The molecule has 136 valence electrons. The minimum absolute atomic E-state index is 0.109. The zero-order valence-electron chi connectivity index (χ0n) is 15.2. The largest absolute Gasteiger partial charge is 0.452 e. The lowest BCUT2D eigenvalue weighted by Gasteiger charge is -2.29. The van der Waals surface area contributed by atoms with Gasteiger partial charge in [0.05, 0.1) is 0 Å². The molecule has 0 unspecified atom stereocenters. The van der Waals surface area contributed by atoms with Crippen molar-refractivity contribution in [2.75, 3.05) is 11.1 Å². The number of para-hydroxylation sites is 1. The Labute approximate surface area is 158 Å². The Hall–Kier alpha value is -2.08. The first-order chi connectivity index (χ1) is 12.7. The molecule has 1 aliphatic heterocycles. The zero-order valence-corrected chi connectivity index (χ0v) is 16.1. The van der Waals surface area contributed by atoms with Crippen LogP contribution in [0, 0.1) is 5.92 Å². The maximum atomic E-state index is 6.37. The highest BCUT2D eigenvalue weighted by molar-refractivity contribution is 7.99. The number of nitrogens with zero attached hydrogens (tertiary/aromatic N) is 3. The van der Waals surface area contributed by atoms with E-state index in [9.17, 15) is 0 Å². The number of anilines is 1. The molecule has 1 aliphatic carbocycles. The molecular weight excluding hydrogens is 344 g/mol. The summed E-state index contributed by atoms with van der Waals surface area (Å²) in [6, 6.07) is 8.17. The van der Waals surface area contributed by atoms with Crippen molar-refractivity contribution in [3.63, 3.8) is 0 Å². The Morgan fingerprint density at radius 2 is 2.15 bits per heavy atom. The number of hydrogen-bond acceptors (Lipinski definition) is 6. The molecule has 1 aromatic heterocycles. The summed E-state index contributed by atoms with van der Waals surface area (Å²) in [5.41, 5.74) is 4.23. The van der Waals surface area contributed by atoms with Crippen molar-refractivity contribution in [1.82, 2.24) is 15.2 Å². The van der Waals surface area contributed by atoms with Gasteiger partial charge >= 0.3 is 0 Å². The quantitative estimate of drug-likeness (QED) is 0.611. The molecule has 0 radical (unpaired) electrons. The molecule has 1 aromatic carbocycles. The number of thioether (sulfide) groups is 1. The van der Waals surface area contributed by atoms with Gasteiger partial charge in [0.15, 0.2) is 11.9 Å². The first-order valence-electron chi connectivity index (χ1n) is 9.30. The number of hydrogen-bond donors (Lipinski definition) is 1. The van der Waals surface area contributed by atoms with Gasteiger partial charge in [0.25, 0.3) is 0 Å². The maximum absolute atomic E-state index is 6.37. The topological polar surface area (TPSA) is 59.9 Å². The molecule has 0 fully saturated rings. The molecule has 6 heteroatoms. The lowest BCUT2D eigenvalue weighted by molar-refractivity contribution is 0.145. The van der Waals surface area contributed by atoms with Gasteiger partial charge in [-0.05, 0) is 38.7 Å². The summed E-state index contributed by atoms with van der Waals surface area (Å²) >= 11 is 1.62. The van der Waals surface area contributed by atoms with E-state index in [1.54, 1.807) is 11.8 Å². The van der Waals surface area contributed by atoms with Crippen molar-refractivity contribution in [2.24, 2.45) is 5.92 Å². The van der Waals surface area contributed by atoms with Gasteiger partial charge in [-0.2, -0.15) is 4.98 Å². The Kier molecular flexibility index (Phi) is 5.11. The number of aromatic nitrogens is 3. The second-order valence-corrected chi connectivity index (χ2v) is 7.97. The molecule has 2 aliphatic rings. The van der Waals surface area contributed by atoms with Gasteiger partial charge in [-0.25, -0.2) is 0 Å². The second-order valence-electron chi connectivity index (χ2n) is 6.91. The fourth-order valence-electron chi connectivity index (χ4n) is 3.40. The van der Waals surface area contributed by atoms with Crippen LogP contribution in [0.1, 0.15) is 39.5 Å². The molecule has 0 amide bonds. The molecule has 0 spiro atoms. The minimum atomic E-state index is -0.109. The Morgan fingerprint density at radius 1 is 1.27 bits per heavy atom. The predicted molar refractivity (Wildman–Crippen MR) is 105 cm³/mol. The molecule has 2 aromatic rings. The summed E-state index contributed by atoms with van der Waals surface area (Å²) < 4.78 is 6.37. The third kappa shape index (κ3) is 3.56. The molecule has 26 heavy (non-hydrogen) atoms. The third-order valence-corrected chi connectivity index (χ3v) is 5.94. The number of allylic oxidation sites excluding steroid dienone is 2. The predicted octanol–water partition coefficient (Wildman–Crippen LogP) is 4.92. The highest BCUT2D eigenvalue weighted by Crippen LogP contribution is 2.39. The van der Waals surface area contributed by atoms with E-state index < -0.39 is 0 Å². The fourth-order valence-corrected chi connectivity index (χ4v) is 4.03. The standard InChI is InChI=1S/C20H24N4OS/c1-3-12-26-20-22-19-17(23-24-20)15-6-4-5-7-16(15)21-18(25-19)14-10-8-13(2)9-11-14/h4-8,14,18,21H,3,9-12H2,1-2H3/t14-,18+/m0/s1. The molecule has 0 saturated heterocycles. The summed E-state index contributed by atoms with van der Waals surface area (Å²) in [6.07, 6.45) is 6.57. The van der Waals surface area contributed by atoms with E-state index in [1.807, 2.05) is 18.2 Å². The van der Waals surface area contributed by atoms with Crippen LogP contribution in [0.5, 0.6) is 5.88 Å². The number of benzene rings is 1. The smallest absolute Gasteiger partial charge is 0.247 e. The zero-order chi connectivity index (χ0) is 17.9. The summed E-state index contributed by atoms with van der Waals surface area (Å²) in [7, 11) is 0. The third-order valence-electron chi connectivity index (χ3n) is 4.90. The lowest BCUT2D eigenvalue weighted by Crippen LogP contribution is -2.35. The van der Waals surface area contributed by atoms with Gasteiger partial charge in [0.2, 0.25) is 11.0 Å². The fraction of sp³-hybridized carbons (Fsp3) is 0.450. The molecule has 0 saturated carbocycles. The number of ether oxygens (including phenoxy) is 1. The van der Waals surface area contributed by atoms with E-state index in [0.29, 0.717) is 17.0 Å². The van der Waals surface area contributed by atoms with Gasteiger partial charge in [-0.3, -0.25) is 0 Å². The van der Waals surface area contributed by atoms with Crippen molar-refractivity contribution in [2.45, 2.75) is 50.9 Å². The van der Waals surface area contributed by atoms with Crippen LogP contribution in [0.2, 0.25) is 0 Å². The van der Waals surface area contributed by atoms with Crippen LogP contribution in [0.25, 0.3) is 11.3 Å². The average molecular weight is 369 g/mol. The van der Waals surface area contributed by atoms with Gasteiger partial charge in [-0.1, -0.05) is 48.5 Å². The molecule has 1 N–H and O–H groups in total. The molecule has 4 rings (SSSR count). The average Bonchev–Trinajstić information content (AvgIpc) is 2.83. The SMILES string of the molecule is CCCSc1nnc2c(n1)O[C@H]([C@H]1CC=C(C)CC1)Nc1ccccc1-2. The summed E-state index contributed by atoms with van der Waals surface area (Å²) in [5.74, 6) is 1.98. The van der Waals surface area contributed by atoms with Crippen LogP contribution in [0.4, 0.5) is 5.69 Å². The van der Waals surface area contributed by atoms with Crippen molar-refractivity contribution in [1.29, 1.82) is 0 Å². The Bertz CT molecular complexity index is 823. The number of nitrogens with one attached hydrogen (secondary N) is 1. The Balaban J connectivity index is 1.70.